The van der Waals surface area contributed by atoms with Gasteiger partial charge in [-0.05, 0) is 55.4 Å². The van der Waals surface area contributed by atoms with E-state index in [-0.39, 0.29) is 5.56 Å². The van der Waals surface area contributed by atoms with Crippen molar-refractivity contribution in [2.24, 2.45) is 5.92 Å². The van der Waals surface area contributed by atoms with Crippen LogP contribution in [0.4, 0.5) is 0 Å². The number of nitrogens with one attached hydrogen (secondary N) is 1. The molecule has 1 aliphatic carbocycles. The van der Waals surface area contributed by atoms with Gasteiger partial charge in [-0.3, -0.25) is 4.79 Å². The van der Waals surface area contributed by atoms with Crippen molar-refractivity contribution < 1.29 is 4.74 Å². The normalized spacial score (nSPS) is 15.9. The molecule has 2 aromatic carbocycles. The maximum atomic E-state index is 13.0. The molecule has 0 saturated carbocycles. The summed E-state index contributed by atoms with van der Waals surface area (Å²) >= 11 is 1.67. The molecule has 2 aromatic heterocycles. The predicted octanol–water partition coefficient (Wildman–Crippen LogP) is 5.66. The fraction of sp³-hybridized carbons (Fsp3) is 0.280. The van der Waals surface area contributed by atoms with E-state index in [2.05, 4.69) is 43.1 Å². The molecule has 5 heteroatoms. The highest BCUT2D eigenvalue weighted by atomic mass is 32.1. The summed E-state index contributed by atoms with van der Waals surface area (Å²) < 4.78 is 6.11. The van der Waals surface area contributed by atoms with Gasteiger partial charge in [-0.15, -0.1) is 11.3 Å². The Balaban J connectivity index is 1.51. The third-order valence-electron chi connectivity index (χ3n) is 5.82. The first-order chi connectivity index (χ1) is 14.6. The van der Waals surface area contributed by atoms with Crippen LogP contribution in [0.15, 0.2) is 53.3 Å². The van der Waals surface area contributed by atoms with Crippen molar-refractivity contribution in [3.8, 4) is 17.1 Å². The van der Waals surface area contributed by atoms with Crippen molar-refractivity contribution in [3.05, 3.63) is 80.5 Å². The number of rotatable bonds is 4. The molecule has 0 aliphatic heterocycles. The highest BCUT2D eigenvalue weighted by Crippen LogP contribution is 2.37. The zero-order valence-electron chi connectivity index (χ0n) is 17.2. The number of aromatic nitrogens is 2. The number of hydrogen-bond acceptors (Lipinski definition) is 4. The summed E-state index contributed by atoms with van der Waals surface area (Å²) in [6.45, 7) is 4.81. The Morgan fingerprint density at radius 1 is 1.17 bits per heavy atom. The zero-order valence-corrected chi connectivity index (χ0v) is 18.0. The van der Waals surface area contributed by atoms with Gasteiger partial charge in [0.15, 0.2) is 0 Å². The Kier molecular flexibility index (Phi) is 4.91. The molecule has 0 spiro atoms. The van der Waals surface area contributed by atoms with Gasteiger partial charge in [-0.1, -0.05) is 48.9 Å². The van der Waals surface area contributed by atoms with Gasteiger partial charge in [0.1, 0.15) is 23.0 Å². The lowest BCUT2D eigenvalue weighted by Gasteiger charge is -2.17. The van der Waals surface area contributed by atoms with E-state index < -0.39 is 0 Å². The number of fused-ring (bicyclic) bond motifs is 3. The van der Waals surface area contributed by atoms with Gasteiger partial charge in [-0.25, -0.2) is 4.98 Å². The van der Waals surface area contributed by atoms with E-state index in [0.717, 1.165) is 46.4 Å². The molecular weight excluding hydrogens is 392 g/mol. The first-order valence-electron chi connectivity index (χ1n) is 10.4. The highest BCUT2D eigenvalue weighted by Gasteiger charge is 2.23. The molecule has 0 saturated heterocycles. The van der Waals surface area contributed by atoms with Gasteiger partial charge in [0.05, 0.1) is 10.9 Å². The SMILES string of the molecule is Cc1ccc(COc2ccccc2-c2nc3sc4c(c3c(=O)[nH]2)CCC(C)C4)cc1. The van der Waals surface area contributed by atoms with Crippen LogP contribution in [-0.2, 0) is 19.4 Å². The number of H-pyrrole nitrogens is 1. The van der Waals surface area contributed by atoms with E-state index in [4.69, 9.17) is 9.72 Å². The summed E-state index contributed by atoms with van der Waals surface area (Å²) in [5, 5.41) is 0.781. The lowest BCUT2D eigenvalue weighted by molar-refractivity contribution is 0.307. The summed E-state index contributed by atoms with van der Waals surface area (Å²) in [7, 11) is 0. The Morgan fingerprint density at radius 3 is 2.80 bits per heavy atom. The van der Waals surface area contributed by atoms with Gasteiger partial charge in [0, 0.05) is 4.88 Å². The number of thiophene rings is 1. The lowest BCUT2D eigenvalue weighted by atomic mass is 9.89. The molecule has 152 valence electrons. The summed E-state index contributed by atoms with van der Waals surface area (Å²) in [6.07, 6.45) is 3.15. The minimum Gasteiger partial charge on any atom is -0.488 e. The molecule has 4 nitrogen and oxygen atoms in total. The molecule has 1 unspecified atom stereocenters. The number of aryl methyl sites for hydroxylation is 2. The van der Waals surface area contributed by atoms with Crippen LogP contribution in [0.25, 0.3) is 21.6 Å². The standard InChI is InChI=1S/C25H24N2O2S/c1-15-7-10-17(11-8-15)14-29-20-6-4-3-5-18(20)23-26-24(28)22-19-12-9-16(2)13-21(19)30-25(22)27-23/h3-8,10-11,16H,9,12-14H2,1-2H3,(H,26,27,28). The van der Waals surface area contributed by atoms with Gasteiger partial charge in [0.25, 0.3) is 5.56 Å². The maximum absolute atomic E-state index is 13.0. The number of hydrogen-bond donors (Lipinski definition) is 1. The number of para-hydroxylation sites is 1. The van der Waals surface area contributed by atoms with E-state index in [1.54, 1.807) is 11.3 Å². The molecule has 2 heterocycles. The van der Waals surface area contributed by atoms with E-state index in [1.807, 2.05) is 24.3 Å². The van der Waals surface area contributed by atoms with Crippen LogP contribution in [-0.4, -0.2) is 9.97 Å². The Hall–Kier alpha value is -2.92. The number of benzene rings is 2. The van der Waals surface area contributed by atoms with E-state index in [9.17, 15) is 4.79 Å². The van der Waals surface area contributed by atoms with Crippen LogP contribution in [0.5, 0.6) is 5.75 Å². The lowest BCUT2D eigenvalue weighted by Crippen LogP contribution is -2.13. The quantitative estimate of drug-likeness (QED) is 0.467. The van der Waals surface area contributed by atoms with Crippen molar-refractivity contribution in [2.75, 3.05) is 0 Å². The van der Waals surface area contributed by atoms with Crippen LogP contribution in [0.2, 0.25) is 0 Å². The Labute approximate surface area is 179 Å². The fourth-order valence-electron chi connectivity index (χ4n) is 4.11. The van der Waals surface area contributed by atoms with Crippen LogP contribution >= 0.6 is 11.3 Å². The molecule has 0 bridgehead atoms. The van der Waals surface area contributed by atoms with Crippen molar-refractivity contribution in [1.29, 1.82) is 0 Å². The third kappa shape index (κ3) is 3.54. The molecule has 0 fully saturated rings. The summed E-state index contributed by atoms with van der Waals surface area (Å²) in [6, 6.07) is 16.1. The smallest absolute Gasteiger partial charge is 0.260 e. The highest BCUT2D eigenvalue weighted by molar-refractivity contribution is 7.18. The third-order valence-corrected chi connectivity index (χ3v) is 6.97. The van der Waals surface area contributed by atoms with Crippen molar-refractivity contribution in [3.63, 3.8) is 0 Å². The molecule has 0 amide bonds. The average molecular weight is 417 g/mol. The van der Waals surface area contributed by atoms with E-state index in [0.29, 0.717) is 18.3 Å². The van der Waals surface area contributed by atoms with Gasteiger partial charge >= 0.3 is 0 Å². The maximum Gasteiger partial charge on any atom is 0.260 e. The van der Waals surface area contributed by atoms with Crippen LogP contribution in [0.3, 0.4) is 0 Å². The molecule has 5 rings (SSSR count). The molecule has 1 aliphatic rings. The van der Waals surface area contributed by atoms with Crippen molar-refractivity contribution in [1.82, 2.24) is 9.97 Å². The minimum absolute atomic E-state index is 0.0459. The molecule has 30 heavy (non-hydrogen) atoms. The second-order valence-electron chi connectivity index (χ2n) is 8.22. The topological polar surface area (TPSA) is 55.0 Å². The molecule has 1 N–H and O–H groups in total. The summed E-state index contributed by atoms with van der Waals surface area (Å²) in [4.78, 5) is 23.0. The van der Waals surface area contributed by atoms with E-state index in [1.165, 1.54) is 16.0 Å². The zero-order chi connectivity index (χ0) is 20.7. The largest absolute Gasteiger partial charge is 0.488 e. The minimum atomic E-state index is -0.0459. The average Bonchev–Trinajstić information content (AvgIpc) is 3.11. The Morgan fingerprint density at radius 2 is 1.97 bits per heavy atom. The number of nitrogens with zero attached hydrogens (tertiary/aromatic N) is 1. The summed E-state index contributed by atoms with van der Waals surface area (Å²) in [5.74, 6) is 1.95. The predicted molar refractivity (Wildman–Crippen MR) is 122 cm³/mol. The van der Waals surface area contributed by atoms with Crippen LogP contribution in [0.1, 0.15) is 34.9 Å². The van der Waals surface area contributed by atoms with Gasteiger partial charge in [0.2, 0.25) is 0 Å². The summed E-state index contributed by atoms with van der Waals surface area (Å²) in [5.41, 5.74) is 4.30. The second kappa shape index (κ2) is 7.73. The van der Waals surface area contributed by atoms with Crippen LogP contribution < -0.4 is 10.3 Å². The molecule has 0 radical (unpaired) electrons. The Bertz CT molecular complexity index is 1270. The number of aromatic amines is 1. The van der Waals surface area contributed by atoms with Gasteiger partial charge in [-0.2, -0.15) is 0 Å². The van der Waals surface area contributed by atoms with Crippen LogP contribution in [0, 0.1) is 12.8 Å². The first kappa shape index (κ1) is 19.1. The number of ether oxygens (including phenoxy) is 1. The molecule has 1 atom stereocenters. The first-order valence-corrected chi connectivity index (χ1v) is 11.2. The van der Waals surface area contributed by atoms with Gasteiger partial charge < -0.3 is 9.72 Å². The molecule has 4 aromatic rings. The van der Waals surface area contributed by atoms with E-state index >= 15 is 0 Å². The second-order valence-corrected chi connectivity index (χ2v) is 9.30. The fourth-order valence-corrected chi connectivity index (χ4v) is 5.49. The van der Waals surface area contributed by atoms with Crippen molar-refractivity contribution >= 4 is 21.6 Å². The molecular formula is C25H24N2O2S. The monoisotopic (exact) mass is 416 g/mol. The van der Waals surface area contributed by atoms with Crippen molar-refractivity contribution in [2.45, 2.75) is 39.7 Å².